The minimum atomic E-state index is 0.00463. The molecule has 2 atom stereocenters. The number of pyridine rings is 1. The average molecular weight is 653 g/mol. The minimum Gasteiger partial charge on any atom is -0.359 e. The van der Waals surface area contributed by atoms with Crippen molar-refractivity contribution in [1.29, 1.82) is 0 Å². The van der Waals surface area contributed by atoms with E-state index in [4.69, 9.17) is 0 Å². The van der Waals surface area contributed by atoms with Crippen LogP contribution in [-0.4, -0.2) is 45.9 Å². The molecule has 2 aromatic heterocycles. The minimum absolute atomic E-state index is 0.00463. The zero-order valence-electron chi connectivity index (χ0n) is 32.7. The second kappa shape index (κ2) is 34.9. The lowest BCUT2D eigenvalue weighted by Gasteiger charge is -1.96. The van der Waals surface area contributed by atoms with Crippen LogP contribution in [0, 0.1) is 58.3 Å². The van der Waals surface area contributed by atoms with Crippen molar-refractivity contribution in [2.75, 3.05) is 14.1 Å². The molecule has 1 aromatic carbocycles. The SMILES string of the molecule is CC#CC.CC1CCC(C)C1.CCC.CNC(C)=O.CNC(C)=O.Cc1ccc(C)cc1.Cc1ccc(C)nc1.Cc1cn(C)nn1. The van der Waals surface area contributed by atoms with Crippen LogP contribution in [0.15, 0.2) is 48.8 Å². The molecule has 2 heterocycles. The molecule has 2 N–H and O–H groups in total. The van der Waals surface area contributed by atoms with E-state index in [1.165, 1.54) is 56.2 Å². The van der Waals surface area contributed by atoms with Crippen LogP contribution in [0.25, 0.3) is 0 Å². The van der Waals surface area contributed by atoms with E-state index >= 15 is 0 Å². The molecule has 0 spiro atoms. The molecule has 266 valence electrons. The number of amides is 2. The van der Waals surface area contributed by atoms with Gasteiger partial charge in [-0.3, -0.25) is 19.3 Å². The number of carbonyl (C=O) groups excluding carboxylic acids is 2. The Balaban J connectivity index is -0.000000229. The normalized spacial score (nSPS) is 12.9. The maximum atomic E-state index is 9.70. The summed E-state index contributed by atoms with van der Waals surface area (Å²) in [5, 5.41) is 12.2. The highest BCUT2D eigenvalue weighted by molar-refractivity contribution is 5.72. The lowest BCUT2D eigenvalue weighted by Crippen LogP contribution is -2.11. The summed E-state index contributed by atoms with van der Waals surface area (Å²) < 4.78 is 1.68. The lowest BCUT2D eigenvalue weighted by molar-refractivity contribution is -0.119. The summed E-state index contributed by atoms with van der Waals surface area (Å²) >= 11 is 0. The van der Waals surface area contributed by atoms with Gasteiger partial charge >= 0.3 is 0 Å². The highest BCUT2D eigenvalue weighted by Crippen LogP contribution is 2.29. The van der Waals surface area contributed by atoms with Gasteiger partial charge in [-0.1, -0.05) is 93.6 Å². The standard InChI is InChI=1S/C8H10.C7H9N.C7H14.C4H7N3.C4H6.2C3H7NO.C3H8/c1-7-3-5-8(2)6-4-7;1-6-3-4-7(2)8-5-6;1-6-3-4-7(2)5-6;1-4-3-7(2)6-5-4;1-3-4-2;2*1-3(5)4-2;1-3-2/h3-6H,1-2H3;3-5H,1-2H3;6-7H,3-5H2,1-2H3;3H,1-2H3;1-2H3;2*1-2H3,(H,4,5);3H2,1-2H3. The third kappa shape index (κ3) is 44.2. The Morgan fingerprint density at radius 2 is 1.13 bits per heavy atom. The van der Waals surface area contributed by atoms with Crippen molar-refractivity contribution >= 4 is 11.8 Å². The van der Waals surface area contributed by atoms with Crippen LogP contribution < -0.4 is 10.6 Å². The number of nitrogens with one attached hydrogen (secondary N) is 2. The van der Waals surface area contributed by atoms with E-state index in [1.807, 2.05) is 60.1 Å². The predicted molar refractivity (Wildman–Crippen MR) is 202 cm³/mol. The third-order valence-corrected chi connectivity index (χ3v) is 5.91. The molecule has 0 radical (unpaired) electrons. The van der Waals surface area contributed by atoms with Gasteiger partial charge in [0.2, 0.25) is 11.8 Å². The van der Waals surface area contributed by atoms with Gasteiger partial charge in [0.05, 0.1) is 5.69 Å². The zero-order valence-corrected chi connectivity index (χ0v) is 32.7. The van der Waals surface area contributed by atoms with Gasteiger partial charge in [0.15, 0.2) is 0 Å². The van der Waals surface area contributed by atoms with Crippen molar-refractivity contribution in [3.63, 3.8) is 0 Å². The first-order valence-corrected chi connectivity index (χ1v) is 16.5. The fourth-order valence-electron chi connectivity index (χ4n) is 3.13. The summed E-state index contributed by atoms with van der Waals surface area (Å²) in [6.07, 6.45) is 9.40. The van der Waals surface area contributed by atoms with Crippen LogP contribution in [-0.2, 0) is 16.6 Å². The molecule has 1 aliphatic rings. The monoisotopic (exact) mass is 653 g/mol. The number of hydrogen-bond acceptors (Lipinski definition) is 5. The van der Waals surface area contributed by atoms with Crippen LogP contribution in [0.5, 0.6) is 0 Å². The van der Waals surface area contributed by atoms with Crippen LogP contribution in [0.1, 0.15) is 109 Å². The second-order valence-corrected chi connectivity index (χ2v) is 11.5. The van der Waals surface area contributed by atoms with Crippen molar-refractivity contribution < 1.29 is 9.59 Å². The van der Waals surface area contributed by atoms with E-state index in [2.05, 4.69) is 110 Å². The molecule has 8 nitrogen and oxygen atoms in total. The van der Waals surface area contributed by atoms with Crippen LogP contribution in [0.2, 0.25) is 0 Å². The summed E-state index contributed by atoms with van der Waals surface area (Å²) in [4.78, 5) is 23.5. The van der Waals surface area contributed by atoms with E-state index in [9.17, 15) is 9.59 Å². The van der Waals surface area contributed by atoms with E-state index in [-0.39, 0.29) is 11.8 Å². The van der Waals surface area contributed by atoms with Crippen LogP contribution >= 0.6 is 0 Å². The summed E-state index contributed by atoms with van der Waals surface area (Å²) in [6, 6.07) is 12.5. The van der Waals surface area contributed by atoms with Gasteiger partial charge in [0.25, 0.3) is 0 Å². The second-order valence-electron chi connectivity index (χ2n) is 11.5. The largest absolute Gasteiger partial charge is 0.359 e. The molecule has 47 heavy (non-hydrogen) atoms. The van der Waals surface area contributed by atoms with E-state index in [0.717, 1.165) is 23.2 Å². The zero-order chi connectivity index (χ0) is 37.2. The maximum absolute atomic E-state index is 9.70. The Bertz CT molecular complexity index is 1060. The Kier molecular flexibility index (Phi) is 37.0. The van der Waals surface area contributed by atoms with Gasteiger partial charge in [-0.2, -0.15) is 0 Å². The molecule has 2 unspecified atom stereocenters. The highest BCUT2D eigenvalue weighted by atomic mass is 16.1. The molecule has 8 heteroatoms. The van der Waals surface area contributed by atoms with Gasteiger partial charge in [-0.25, -0.2) is 0 Å². The number of aryl methyl sites for hydroxylation is 6. The Morgan fingerprint density at radius 1 is 0.766 bits per heavy atom. The molecule has 4 rings (SSSR count). The van der Waals surface area contributed by atoms with Crippen molar-refractivity contribution in [1.82, 2.24) is 30.6 Å². The van der Waals surface area contributed by atoms with Crippen molar-refractivity contribution in [3.05, 3.63) is 76.9 Å². The summed E-state index contributed by atoms with van der Waals surface area (Å²) in [5.74, 6) is 7.42. The first kappa shape index (κ1) is 49.9. The van der Waals surface area contributed by atoms with Gasteiger partial charge in [-0.05, 0) is 78.4 Å². The number of nitrogens with zero attached hydrogens (tertiary/aromatic N) is 4. The lowest BCUT2D eigenvalue weighted by atomic mass is 10.1. The molecule has 0 aliphatic heterocycles. The van der Waals surface area contributed by atoms with E-state index in [0.29, 0.717) is 0 Å². The van der Waals surface area contributed by atoms with Crippen molar-refractivity contribution in [2.45, 2.75) is 116 Å². The summed E-state index contributed by atoms with van der Waals surface area (Å²) in [7, 11) is 5.05. The van der Waals surface area contributed by atoms with Gasteiger partial charge in [0, 0.05) is 53.1 Å². The average Bonchev–Trinajstić information content (AvgIpc) is 3.62. The Morgan fingerprint density at radius 3 is 1.28 bits per heavy atom. The van der Waals surface area contributed by atoms with Gasteiger partial charge < -0.3 is 10.6 Å². The molecule has 2 amide bonds. The number of carbonyl (C=O) groups is 2. The summed E-state index contributed by atoms with van der Waals surface area (Å²) in [5.41, 5.74) is 5.92. The predicted octanol–water partition coefficient (Wildman–Crippen LogP) is 8.52. The third-order valence-electron chi connectivity index (χ3n) is 5.91. The Hall–Kier alpha value is -3.99. The number of hydrogen-bond donors (Lipinski definition) is 2. The molecule has 0 bridgehead atoms. The van der Waals surface area contributed by atoms with Crippen LogP contribution in [0.3, 0.4) is 0 Å². The molecular formula is C39H68N6O2. The number of benzene rings is 1. The number of aromatic nitrogens is 4. The maximum Gasteiger partial charge on any atom is 0.216 e. The molecule has 1 fully saturated rings. The summed E-state index contributed by atoms with van der Waals surface area (Å²) in [6.45, 7) is 25.7. The van der Waals surface area contributed by atoms with Gasteiger partial charge in [-0.15, -0.1) is 16.9 Å². The van der Waals surface area contributed by atoms with Gasteiger partial charge in [0.1, 0.15) is 0 Å². The highest BCUT2D eigenvalue weighted by Gasteiger charge is 2.15. The fraction of sp³-hybridized carbons (Fsp3) is 0.564. The molecule has 1 saturated carbocycles. The van der Waals surface area contributed by atoms with Crippen molar-refractivity contribution in [2.24, 2.45) is 18.9 Å². The van der Waals surface area contributed by atoms with Crippen molar-refractivity contribution in [3.8, 4) is 11.8 Å². The van der Waals surface area contributed by atoms with E-state index < -0.39 is 0 Å². The fourth-order valence-corrected chi connectivity index (χ4v) is 3.13. The molecular weight excluding hydrogens is 584 g/mol. The van der Waals surface area contributed by atoms with E-state index in [1.54, 1.807) is 18.8 Å². The topological polar surface area (TPSA) is 102 Å². The smallest absolute Gasteiger partial charge is 0.216 e. The molecule has 0 saturated heterocycles. The first-order chi connectivity index (χ1) is 22.0. The Labute approximate surface area is 289 Å². The quantitative estimate of drug-likeness (QED) is 0.237. The number of rotatable bonds is 0. The molecule has 3 aromatic rings. The first-order valence-electron chi connectivity index (χ1n) is 16.5. The molecule has 1 aliphatic carbocycles. The van der Waals surface area contributed by atoms with Crippen LogP contribution in [0.4, 0.5) is 0 Å².